The van der Waals surface area contributed by atoms with E-state index in [2.05, 4.69) is 0 Å². The third kappa shape index (κ3) is 3.61. The maximum Gasteiger partial charge on any atom is 0.289 e. The number of nitrogens with zero attached hydrogens (tertiary/aromatic N) is 1. The van der Waals surface area contributed by atoms with Gasteiger partial charge in [-0.15, -0.1) is 0 Å². The van der Waals surface area contributed by atoms with Gasteiger partial charge in [0.2, 0.25) is 0 Å². The maximum absolute atomic E-state index is 12.6. The molecule has 1 amide bonds. The molecule has 3 aliphatic heterocycles. The van der Waals surface area contributed by atoms with E-state index in [0.717, 1.165) is 51.1 Å². The van der Waals surface area contributed by atoms with Crippen molar-refractivity contribution in [2.24, 2.45) is 5.92 Å². The number of ether oxygens (including phenoxy) is 3. The van der Waals surface area contributed by atoms with E-state index in [0.29, 0.717) is 31.4 Å². The molecule has 2 atom stereocenters. The lowest BCUT2D eigenvalue weighted by Crippen LogP contribution is -2.36. The average Bonchev–Trinajstić information content (AvgIpc) is 3.35. The molecule has 0 aromatic carbocycles. The van der Waals surface area contributed by atoms with Crippen molar-refractivity contribution < 1.29 is 23.4 Å². The van der Waals surface area contributed by atoms with Crippen LogP contribution in [0.5, 0.6) is 0 Å². The summed E-state index contributed by atoms with van der Waals surface area (Å²) < 4.78 is 23.0. The lowest BCUT2D eigenvalue weighted by Gasteiger charge is -2.24. The fraction of sp³-hybridized carbons (Fsp3) is 0.737. The molecule has 0 radical (unpaired) electrons. The Balaban J connectivity index is 1.29. The van der Waals surface area contributed by atoms with E-state index in [4.69, 9.17) is 18.6 Å². The molecule has 0 saturated carbocycles. The van der Waals surface area contributed by atoms with E-state index in [1.165, 1.54) is 0 Å². The zero-order valence-electron chi connectivity index (χ0n) is 14.9. The minimum atomic E-state index is -0.240. The molecular weight excluding hydrogens is 322 g/mol. The number of carbonyl (C=O) groups is 1. The van der Waals surface area contributed by atoms with Crippen LogP contribution in [0, 0.1) is 12.8 Å². The van der Waals surface area contributed by atoms with Gasteiger partial charge < -0.3 is 23.5 Å². The SMILES string of the molecule is Cc1ccoc1C(=O)N1CC[C@]2(C[C@@H](OCC3CCOCC3)CO2)C1. The molecule has 0 bridgehead atoms. The topological polar surface area (TPSA) is 61.1 Å². The predicted octanol–water partition coefficient (Wildman–Crippen LogP) is 2.40. The molecule has 3 aliphatic rings. The Bertz CT molecular complexity index is 609. The summed E-state index contributed by atoms with van der Waals surface area (Å²) >= 11 is 0. The highest BCUT2D eigenvalue weighted by atomic mass is 16.6. The molecule has 6 heteroatoms. The van der Waals surface area contributed by atoms with Crippen LogP contribution in [0.4, 0.5) is 0 Å². The summed E-state index contributed by atoms with van der Waals surface area (Å²) in [6.07, 6.45) is 5.63. The van der Waals surface area contributed by atoms with E-state index in [-0.39, 0.29) is 17.6 Å². The number of amides is 1. The van der Waals surface area contributed by atoms with Gasteiger partial charge in [0.25, 0.3) is 5.91 Å². The molecule has 138 valence electrons. The Morgan fingerprint density at radius 2 is 2.24 bits per heavy atom. The minimum absolute atomic E-state index is 0.0328. The van der Waals surface area contributed by atoms with Crippen LogP contribution in [0.25, 0.3) is 0 Å². The second-order valence-electron chi connectivity index (χ2n) is 7.62. The third-order valence-electron chi connectivity index (χ3n) is 5.74. The number of aryl methyl sites for hydroxylation is 1. The largest absolute Gasteiger partial charge is 0.459 e. The summed E-state index contributed by atoms with van der Waals surface area (Å²) in [7, 11) is 0. The van der Waals surface area contributed by atoms with Gasteiger partial charge in [0.15, 0.2) is 5.76 Å². The molecule has 3 fully saturated rings. The van der Waals surface area contributed by atoms with Crippen molar-refractivity contribution in [1.82, 2.24) is 4.90 Å². The van der Waals surface area contributed by atoms with E-state index in [1.807, 2.05) is 17.9 Å². The number of likely N-dealkylation sites (tertiary alicyclic amines) is 1. The second kappa shape index (κ2) is 7.09. The first-order chi connectivity index (χ1) is 12.2. The van der Waals surface area contributed by atoms with Crippen LogP contribution in [0.15, 0.2) is 16.7 Å². The molecule has 6 nitrogen and oxygen atoms in total. The molecule has 1 aromatic heterocycles. The van der Waals surface area contributed by atoms with Crippen LogP contribution in [0.2, 0.25) is 0 Å². The molecule has 4 rings (SSSR count). The molecule has 0 aliphatic carbocycles. The van der Waals surface area contributed by atoms with Crippen molar-refractivity contribution in [2.75, 3.05) is 39.5 Å². The highest BCUT2D eigenvalue weighted by Crippen LogP contribution is 2.37. The first kappa shape index (κ1) is 17.1. The van der Waals surface area contributed by atoms with Gasteiger partial charge in [-0.1, -0.05) is 0 Å². The molecule has 3 saturated heterocycles. The monoisotopic (exact) mass is 349 g/mol. The maximum atomic E-state index is 12.6. The smallest absolute Gasteiger partial charge is 0.289 e. The first-order valence-electron chi connectivity index (χ1n) is 9.32. The zero-order chi connectivity index (χ0) is 17.3. The van der Waals surface area contributed by atoms with Gasteiger partial charge in [-0.25, -0.2) is 0 Å². The molecule has 4 heterocycles. The Kier molecular flexibility index (Phi) is 4.84. The van der Waals surface area contributed by atoms with Gasteiger partial charge in [-0.05, 0) is 38.2 Å². The Labute approximate surface area is 148 Å². The summed E-state index contributed by atoms with van der Waals surface area (Å²) in [5, 5.41) is 0. The Hall–Kier alpha value is -1.37. The molecular formula is C19H27NO5. The summed E-state index contributed by atoms with van der Waals surface area (Å²) in [6.45, 7) is 6.36. The van der Waals surface area contributed by atoms with Gasteiger partial charge in [0.1, 0.15) is 0 Å². The van der Waals surface area contributed by atoms with Crippen molar-refractivity contribution in [3.63, 3.8) is 0 Å². The lowest BCUT2D eigenvalue weighted by atomic mass is 9.98. The standard InChI is InChI=1S/C19H27NO5/c1-14-2-9-23-17(14)18(21)20-6-5-19(13-20)10-16(12-25-19)24-11-15-3-7-22-8-4-15/h2,9,15-16H,3-8,10-13H2,1H3/t16-,19+/m1/s1. The highest BCUT2D eigenvalue weighted by molar-refractivity contribution is 5.93. The molecule has 0 unspecified atom stereocenters. The number of carbonyl (C=O) groups excluding carboxylic acids is 1. The normalized spacial score (nSPS) is 30.4. The lowest BCUT2D eigenvalue weighted by molar-refractivity contribution is -0.0186. The average molecular weight is 349 g/mol. The third-order valence-corrected chi connectivity index (χ3v) is 5.74. The number of rotatable bonds is 4. The van der Waals surface area contributed by atoms with Crippen LogP contribution in [-0.4, -0.2) is 62.0 Å². The molecule has 1 spiro atoms. The van der Waals surface area contributed by atoms with Gasteiger partial charge >= 0.3 is 0 Å². The van der Waals surface area contributed by atoms with Gasteiger partial charge in [0.05, 0.1) is 37.7 Å². The van der Waals surface area contributed by atoms with Crippen LogP contribution in [0.1, 0.15) is 41.8 Å². The fourth-order valence-corrected chi connectivity index (χ4v) is 4.13. The summed E-state index contributed by atoms with van der Waals surface area (Å²) in [4.78, 5) is 14.5. The number of hydrogen-bond acceptors (Lipinski definition) is 5. The highest BCUT2D eigenvalue weighted by Gasteiger charge is 2.47. The quantitative estimate of drug-likeness (QED) is 0.835. The minimum Gasteiger partial charge on any atom is -0.459 e. The van der Waals surface area contributed by atoms with E-state index in [9.17, 15) is 4.79 Å². The number of furan rings is 1. The van der Waals surface area contributed by atoms with Gasteiger partial charge in [-0.3, -0.25) is 4.79 Å². The number of hydrogen-bond donors (Lipinski definition) is 0. The van der Waals surface area contributed by atoms with Gasteiger partial charge in [0, 0.05) is 31.7 Å². The van der Waals surface area contributed by atoms with Crippen molar-refractivity contribution in [3.05, 3.63) is 23.7 Å². The molecule has 0 N–H and O–H groups in total. The summed E-state index contributed by atoms with van der Waals surface area (Å²) in [5.74, 6) is 1.02. The van der Waals surface area contributed by atoms with Gasteiger partial charge in [-0.2, -0.15) is 0 Å². The van der Waals surface area contributed by atoms with Crippen molar-refractivity contribution in [1.29, 1.82) is 0 Å². The Morgan fingerprint density at radius 1 is 1.40 bits per heavy atom. The summed E-state index contributed by atoms with van der Waals surface area (Å²) in [5.41, 5.74) is 0.646. The van der Waals surface area contributed by atoms with E-state index < -0.39 is 0 Å². The second-order valence-corrected chi connectivity index (χ2v) is 7.62. The zero-order valence-corrected chi connectivity index (χ0v) is 14.9. The fourth-order valence-electron chi connectivity index (χ4n) is 4.13. The van der Waals surface area contributed by atoms with Crippen LogP contribution < -0.4 is 0 Å². The Morgan fingerprint density at radius 3 is 3.00 bits per heavy atom. The van der Waals surface area contributed by atoms with Crippen LogP contribution in [-0.2, 0) is 14.2 Å². The molecule has 1 aromatic rings. The predicted molar refractivity (Wildman–Crippen MR) is 90.5 cm³/mol. The van der Waals surface area contributed by atoms with E-state index >= 15 is 0 Å². The van der Waals surface area contributed by atoms with E-state index in [1.54, 1.807) is 6.26 Å². The van der Waals surface area contributed by atoms with Crippen molar-refractivity contribution in [2.45, 2.75) is 44.3 Å². The van der Waals surface area contributed by atoms with Crippen LogP contribution in [0.3, 0.4) is 0 Å². The van der Waals surface area contributed by atoms with Crippen LogP contribution >= 0.6 is 0 Å². The van der Waals surface area contributed by atoms with Crippen molar-refractivity contribution in [3.8, 4) is 0 Å². The molecule has 25 heavy (non-hydrogen) atoms. The first-order valence-corrected chi connectivity index (χ1v) is 9.32. The van der Waals surface area contributed by atoms with Crippen molar-refractivity contribution >= 4 is 5.91 Å². The summed E-state index contributed by atoms with van der Waals surface area (Å²) in [6, 6.07) is 1.82.